The third kappa shape index (κ3) is 4.50. The van der Waals surface area contributed by atoms with Crippen LogP contribution in [0.25, 0.3) is 0 Å². The lowest BCUT2D eigenvalue weighted by Gasteiger charge is -2.16. The van der Waals surface area contributed by atoms with E-state index in [2.05, 4.69) is 17.4 Å². The Balaban J connectivity index is 1.36. The zero-order chi connectivity index (χ0) is 18.6. The number of anilines is 2. The number of benzene rings is 2. The summed E-state index contributed by atoms with van der Waals surface area (Å²) in [6, 6.07) is 15.9. The number of carbonyl (C=O) groups excluding carboxylic acids is 2. The predicted molar refractivity (Wildman–Crippen MR) is 114 cm³/mol. The van der Waals surface area contributed by atoms with E-state index < -0.39 is 0 Å². The SMILES string of the molecule is O=C(Cc1ccc(N2CCCC2=O)cc1)Nc1cccc(C2SCCS2)c1. The number of nitrogens with zero attached hydrogens (tertiary/aromatic N) is 1. The highest BCUT2D eigenvalue weighted by molar-refractivity contribution is 8.19. The van der Waals surface area contributed by atoms with E-state index in [1.807, 2.05) is 64.8 Å². The standard InChI is InChI=1S/C21H22N2O2S2/c24-19(22-17-4-1-3-16(14-17)21-26-11-12-27-21)13-15-6-8-18(9-7-15)23-10-2-5-20(23)25/h1,3-4,6-9,14,21H,2,5,10-13H2,(H,22,24). The van der Waals surface area contributed by atoms with Gasteiger partial charge in [0.05, 0.1) is 11.0 Å². The van der Waals surface area contributed by atoms with Crippen molar-refractivity contribution in [2.45, 2.75) is 23.8 Å². The first-order chi connectivity index (χ1) is 13.2. The number of hydrogen-bond acceptors (Lipinski definition) is 4. The maximum absolute atomic E-state index is 12.4. The van der Waals surface area contributed by atoms with E-state index in [-0.39, 0.29) is 11.8 Å². The lowest BCUT2D eigenvalue weighted by atomic mass is 10.1. The van der Waals surface area contributed by atoms with Gasteiger partial charge in [-0.15, -0.1) is 23.5 Å². The van der Waals surface area contributed by atoms with Gasteiger partial charge in [0.2, 0.25) is 11.8 Å². The fourth-order valence-corrected chi connectivity index (χ4v) is 6.26. The average Bonchev–Trinajstić information content (AvgIpc) is 3.34. The molecule has 2 fully saturated rings. The van der Waals surface area contributed by atoms with Gasteiger partial charge in [0, 0.05) is 35.8 Å². The molecule has 140 valence electrons. The lowest BCUT2D eigenvalue weighted by molar-refractivity contribution is -0.117. The highest BCUT2D eigenvalue weighted by Gasteiger charge is 2.21. The second-order valence-corrected chi connectivity index (χ2v) is 9.46. The summed E-state index contributed by atoms with van der Waals surface area (Å²) in [4.78, 5) is 26.1. The Morgan fingerprint density at radius 2 is 1.89 bits per heavy atom. The van der Waals surface area contributed by atoms with Crippen molar-refractivity contribution in [3.63, 3.8) is 0 Å². The second kappa shape index (κ2) is 8.40. The molecule has 4 rings (SSSR count). The Bertz CT molecular complexity index is 832. The molecule has 2 heterocycles. The predicted octanol–water partition coefficient (Wildman–Crippen LogP) is 4.47. The van der Waals surface area contributed by atoms with Gasteiger partial charge in [-0.2, -0.15) is 0 Å². The molecule has 2 aromatic carbocycles. The van der Waals surface area contributed by atoms with Crippen LogP contribution < -0.4 is 10.2 Å². The summed E-state index contributed by atoms with van der Waals surface area (Å²) in [6.07, 6.45) is 1.87. The number of amides is 2. The van der Waals surface area contributed by atoms with Crippen LogP contribution in [0.5, 0.6) is 0 Å². The zero-order valence-corrected chi connectivity index (χ0v) is 16.7. The van der Waals surface area contributed by atoms with Gasteiger partial charge in [-0.05, 0) is 41.8 Å². The molecule has 0 spiro atoms. The number of thioether (sulfide) groups is 2. The Hall–Kier alpha value is -1.92. The molecule has 1 N–H and O–H groups in total. The van der Waals surface area contributed by atoms with Gasteiger partial charge < -0.3 is 10.2 Å². The van der Waals surface area contributed by atoms with Crippen LogP contribution in [0.1, 0.15) is 28.6 Å². The minimum Gasteiger partial charge on any atom is -0.326 e. The first kappa shape index (κ1) is 18.4. The van der Waals surface area contributed by atoms with Crippen molar-refractivity contribution in [3.8, 4) is 0 Å². The van der Waals surface area contributed by atoms with Gasteiger partial charge >= 0.3 is 0 Å². The monoisotopic (exact) mass is 398 g/mol. The van der Waals surface area contributed by atoms with Crippen LogP contribution in [-0.4, -0.2) is 29.9 Å². The minimum absolute atomic E-state index is 0.0242. The summed E-state index contributed by atoms with van der Waals surface area (Å²) < 4.78 is 0.475. The first-order valence-electron chi connectivity index (χ1n) is 9.21. The van der Waals surface area contributed by atoms with Crippen LogP contribution in [0.3, 0.4) is 0 Å². The van der Waals surface area contributed by atoms with Crippen molar-refractivity contribution in [2.24, 2.45) is 0 Å². The van der Waals surface area contributed by atoms with E-state index in [9.17, 15) is 9.59 Å². The first-order valence-corrected chi connectivity index (χ1v) is 11.3. The number of hydrogen-bond donors (Lipinski definition) is 1. The van der Waals surface area contributed by atoms with Gasteiger partial charge in [-0.3, -0.25) is 9.59 Å². The van der Waals surface area contributed by atoms with Gasteiger partial charge in [0.25, 0.3) is 0 Å². The third-order valence-corrected chi connectivity index (χ3v) is 7.85. The number of rotatable bonds is 5. The van der Waals surface area contributed by atoms with Gasteiger partial charge in [0.1, 0.15) is 0 Å². The maximum Gasteiger partial charge on any atom is 0.228 e. The van der Waals surface area contributed by atoms with Crippen molar-refractivity contribution < 1.29 is 9.59 Å². The molecule has 6 heteroatoms. The Morgan fingerprint density at radius 1 is 1.11 bits per heavy atom. The molecule has 0 radical (unpaired) electrons. The molecular formula is C21H22N2O2S2. The molecule has 0 atom stereocenters. The highest BCUT2D eigenvalue weighted by atomic mass is 32.2. The average molecular weight is 399 g/mol. The molecule has 2 amide bonds. The minimum atomic E-state index is -0.0242. The van der Waals surface area contributed by atoms with Crippen LogP contribution in [0.15, 0.2) is 48.5 Å². The quantitative estimate of drug-likeness (QED) is 0.807. The summed E-state index contributed by atoms with van der Waals surface area (Å²) in [6.45, 7) is 0.784. The molecule has 0 unspecified atom stereocenters. The van der Waals surface area contributed by atoms with E-state index in [0.29, 0.717) is 17.4 Å². The van der Waals surface area contributed by atoms with Crippen LogP contribution >= 0.6 is 23.5 Å². The summed E-state index contributed by atoms with van der Waals surface area (Å²) in [7, 11) is 0. The molecule has 2 saturated heterocycles. The fourth-order valence-electron chi connectivity index (χ4n) is 3.42. The third-order valence-electron chi connectivity index (χ3n) is 4.75. The number of carbonyl (C=O) groups is 2. The van der Waals surface area contributed by atoms with E-state index in [0.717, 1.165) is 29.9 Å². The van der Waals surface area contributed by atoms with Crippen molar-refractivity contribution in [3.05, 3.63) is 59.7 Å². The van der Waals surface area contributed by atoms with Crippen molar-refractivity contribution in [1.82, 2.24) is 0 Å². The van der Waals surface area contributed by atoms with Gasteiger partial charge in [-0.25, -0.2) is 0 Å². The highest BCUT2D eigenvalue weighted by Crippen LogP contribution is 2.45. The Morgan fingerprint density at radius 3 is 2.59 bits per heavy atom. The van der Waals surface area contributed by atoms with Crippen LogP contribution in [0.4, 0.5) is 11.4 Å². The molecule has 0 aromatic heterocycles. The second-order valence-electron chi connectivity index (χ2n) is 6.74. The molecule has 2 aliphatic rings. The fraction of sp³-hybridized carbons (Fsp3) is 0.333. The maximum atomic E-state index is 12.4. The van der Waals surface area contributed by atoms with Crippen molar-refractivity contribution in [2.75, 3.05) is 28.3 Å². The largest absolute Gasteiger partial charge is 0.326 e. The molecule has 0 aliphatic carbocycles. The summed E-state index contributed by atoms with van der Waals surface area (Å²) in [5, 5.41) is 3.01. The zero-order valence-electron chi connectivity index (χ0n) is 15.0. The van der Waals surface area contributed by atoms with Crippen LogP contribution in [0.2, 0.25) is 0 Å². The summed E-state index contributed by atoms with van der Waals surface area (Å²) in [5.41, 5.74) is 3.98. The van der Waals surface area contributed by atoms with E-state index in [1.54, 1.807) is 0 Å². The van der Waals surface area contributed by atoms with Crippen molar-refractivity contribution >= 4 is 46.7 Å². The van der Waals surface area contributed by atoms with E-state index >= 15 is 0 Å². The normalized spacial score (nSPS) is 17.5. The molecular weight excluding hydrogens is 376 g/mol. The number of nitrogens with one attached hydrogen (secondary N) is 1. The van der Waals surface area contributed by atoms with Gasteiger partial charge in [0.15, 0.2) is 0 Å². The topological polar surface area (TPSA) is 49.4 Å². The van der Waals surface area contributed by atoms with Crippen LogP contribution in [0, 0.1) is 0 Å². The molecule has 2 aromatic rings. The molecule has 0 bridgehead atoms. The van der Waals surface area contributed by atoms with Crippen molar-refractivity contribution in [1.29, 1.82) is 0 Å². The summed E-state index contributed by atoms with van der Waals surface area (Å²) >= 11 is 3.92. The molecule has 4 nitrogen and oxygen atoms in total. The lowest BCUT2D eigenvalue weighted by Crippen LogP contribution is -2.23. The Labute approximate surface area is 168 Å². The molecule has 0 saturated carbocycles. The van der Waals surface area contributed by atoms with E-state index in [4.69, 9.17) is 0 Å². The summed E-state index contributed by atoms with van der Waals surface area (Å²) in [5.74, 6) is 2.53. The smallest absolute Gasteiger partial charge is 0.228 e. The molecule has 2 aliphatic heterocycles. The molecule has 27 heavy (non-hydrogen) atoms. The van der Waals surface area contributed by atoms with Gasteiger partial charge in [-0.1, -0.05) is 24.3 Å². The Kier molecular flexibility index (Phi) is 5.74. The van der Waals surface area contributed by atoms with Crippen LogP contribution in [-0.2, 0) is 16.0 Å². The van der Waals surface area contributed by atoms with E-state index in [1.165, 1.54) is 17.1 Å².